The zero-order chi connectivity index (χ0) is 22.0. The molecule has 4 rings (SSSR count). The molecule has 2 heterocycles. The molecule has 0 amide bonds. The van der Waals surface area contributed by atoms with E-state index in [1.165, 1.54) is 16.7 Å². The summed E-state index contributed by atoms with van der Waals surface area (Å²) in [4.78, 5) is 4.02. The quantitative estimate of drug-likeness (QED) is 0.397. The van der Waals surface area contributed by atoms with Gasteiger partial charge in [-0.25, -0.2) is 9.37 Å². The van der Waals surface area contributed by atoms with Crippen LogP contribution in [0.3, 0.4) is 0 Å². The van der Waals surface area contributed by atoms with E-state index in [2.05, 4.69) is 60.2 Å². The van der Waals surface area contributed by atoms with E-state index in [1.54, 1.807) is 13.0 Å². The first-order valence-electron chi connectivity index (χ1n) is 10.1. The van der Waals surface area contributed by atoms with Crippen LogP contribution in [0, 0.1) is 19.7 Å². The van der Waals surface area contributed by atoms with Crippen molar-refractivity contribution in [2.75, 3.05) is 0 Å². The minimum Gasteiger partial charge on any atom is -0.489 e. The first kappa shape index (κ1) is 20.7. The van der Waals surface area contributed by atoms with Gasteiger partial charge in [-0.05, 0) is 36.2 Å². The Morgan fingerprint density at radius 1 is 0.935 bits per heavy atom. The van der Waals surface area contributed by atoms with Gasteiger partial charge < -0.3 is 9.15 Å². The summed E-state index contributed by atoms with van der Waals surface area (Å²) in [5.41, 5.74) is 4.30. The third kappa shape index (κ3) is 4.48. The minimum atomic E-state index is -0.447. The van der Waals surface area contributed by atoms with Gasteiger partial charge in [-0.2, -0.15) is 0 Å². The fourth-order valence-electron chi connectivity index (χ4n) is 3.37. The number of nitrogens with zero attached hydrogens (tertiary/aromatic N) is 3. The molecule has 4 aromatic rings. The number of aryl methyl sites for hydroxylation is 2. The highest BCUT2D eigenvalue weighted by Gasteiger charge is 2.23. The van der Waals surface area contributed by atoms with Crippen LogP contribution in [0.1, 0.15) is 42.0 Å². The average molecular weight is 417 g/mol. The van der Waals surface area contributed by atoms with Crippen LogP contribution in [0.4, 0.5) is 4.39 Å². The summed E-state index contributed by atoms with van der Waals surface area (Å²) in [6.07, 6.45) is 1.14. The Labute approximate surface area is 180 Å². The molecule has 2 aromatic carbocycles. The fraction of sp³-hybridized carbons (Fsp3) is 0.240. The standard InChI is InChI=1S/C25H24FN3O2/c1-16-5-7-19(8-6-16)25(3,4)20-9-11-21(12-10-20)30-15-18-13-23(27-14-22(18)26)24-29-28-17(2)31-24/h5-14H,15H2,1-4H3. The maximum absolute atomic E-state index is 14.2. The third-order valence-electron chi connectivity index (χ3n) is 5.42. The Hall–Kier alpha value is -3.54. The van der Waals surface area contributed by atoms with Crippen LogP contribution in [-0.2, 0) is 12.0 Å². The minimum absolute atomic E-state index is 0.0647. The van der Waals surface area contributed by atoms with Crippen LogP contribution < -0.4 is 4.74 Å². The van der Waals surface area contributed by atoms with E-state index >= 15 is 0 Å². The van der Waals surface area contributed by atoms with E-state index in [4.69, 9.17) is 9.15 Å². The molecule has 158 valence electrons. The molecule has 0 unspecified atom stereocenters. The number of hydrogen-bond acceptors (Lipinski definition) is 5. The summed E-state index contributed by atoms with van der Waals surface area (Å²) in [6.45, 7) is 8.23. The maximum Gasteiger partial charge on any atom is 0.266 e. The molecule has 0 spiro atoms. The lowest BCUT2D eigenvalue weighted by Crippen LogP contribution is -2.18. The number of benzene rings is 2. The summed E-state index contributed by atoms with van der Waals surface area (Å²) in [7, 11) is 0. The lowest BCUT2D eigenvalue weighted by atomic mass is 9.78. The Balaban J connectivity index is 1.48. The first-order chi connectivity index (χ1) is 14.8. The van der Waals surface area contributed by atoms with Crippen LogP contribution >= 0.6 is 0 Å². The lowest BCUT2D eigenvalue weighted by Gasteiger charge is -2.26. The Bertz CT molecular complexity index is 1180. The molecule has 31 heavy (non-hydrogen) atoms. The van der Waals surface area contributed by atoms with Gasteiger partial charge in [0.1, 0.15) is 23.9 Å². The van der Waals surface area contributed by atoms with Gasteiger partial charge in [-0.15, -0.1) is 10.2 Å². The van der Waals surface area contributed by atoms with Gasteiger partial charge in [-0.1, -0.05) is 55.8 Å². The Morgan fingerprint density at radius 2 is 1.58 bits per heavy atom. The van der Waals surface area contributed by atoms with Crippen LogP contribution in [-0.4, -0.2) is 15.2 Å². The normalized spacial score (nSPS) is 11.5. The zero-order valence-corrected chi connectivity index (χ0v) is 18.0. The van der Waals surface area contributed by atoms with Crippen molar-refractivity contribution in [2.45, 2.75) is 39.7 Å². The van der Waals surface area contributed by atoms with Gasteiger partial charge in [0.2, 0.25) is 5.89 Å². The molecule has 0 aliphatic rings. The molecule has 0 fully saturated rings. The molecule has 0 saturated heterocycles. The molecule has 0 bridgehead atoms. The van der Waals surface area contributed by atoms with Gasteiger partial charge in [0.15, 0.2) is 0 Å². The number of hydrogen-bond donors (Lipinski definition) is 0. The van der Waals surface area contributed by atoms with Crippen molar-refractivity contribution in [2.24, 2.45) is 0 Å². The van der Waals surface area contributed by atoms with Gasteiger partial charge in [0.05, 0.1) is 6.20 Å². The van der Waals surface area contributed by atoms with Gasteiger partial charge in [0.25, 0.3) is 5.89 Å². The highest BCUT2D eigenvalue weighted by Crippen LogP contribution is 2.32. The molecule has 0 N–H and O–H groups in total. The van der Waals surface area contributed by atoms with Gasteiger partial charge in [-0.3, -0.25) is 0 Å². The van der Waals surface area contributed by atoms with Crippen LogP contribution in [0.2, 0.25) is 0 Å². The van der Waals surface area contributed by atoms with Crippen molar-refractivity contribution in [3.05, 3.63) is 94.8 Å². The Morgan fingerprint density at radius 3 is 2.19 bits per heavy atom. The summed E-state index contributed by atoms with van der Waals surface area (Å²) >= 11 is 0. The van der Waals surface area contributed by atoms with Crippen molar-refractivity contribution in [3.63, 3.8) is 0 Å². The molecule has 0 atom stereocenters. The lowest BCUT2D eigenvalue weighted by molar-refractivity contribution is 0.299. The number of pyridine rings is 1. The summed E-state index contributed by atoms with van der Waals surface area (Å²) in [6, 6.07) is 18.1. The topological polar surface area (TPSA) is 61.0 Å². The van der Waals surface area contributed by atoms with Crippen LogP contribution in [0.5, 0.6) is 5.75 Å². The molecular weight excluding hydrogens is 393 g/mol. The van der Waals surface area contributed by atoms with E-state index in [-0.39, 0.29) is 17.9 Å². The Kier molecular flexibility index (Phi) is 5.55. The number of ether oxygens (including phenoxy) is 1. The fourth-order valence-corrected chi connectivity index (χ4v) is 3.37. The molecule has 2 aromatic heterocycles. The van der Waals surface area contributed by atoms with Gasteiger partial charge in [0, 0.05) is 17.9 Å². The van der Waals surface area contributed by atoms with Gasteiger partial charge >= 0.3 is 0 Å². The largest absolute Gasteiger partial charge is 0.489 e. The molecule has 0 aliphatic heterocycles. The second-order valence-corrected chi connectivity index (χ2v) is 8.09. The van der Waals surface area contributed by atoms with Crippen molar-refractivity contribution < 1.29 is 13.5 Å². The third-order valence-corrected chi connectivity index (χ3v) is 5.42. The molecular formula is C25H24FN3O2. The predicted octanol–water partition coefficient (Wildman–Crippen LogP) is 5.79. The monoisotopic (exact) mass is 417 g/mol. The van der Waals surface area contributed by atoms with Crippen LogP contribution in [0.15, 0.2) is 65.2 Å². The first-order valence-corrected chi connectivity index (χ1v) is 10.1. The number of rotatable bonds is 6. The molecule has 0 aliphatic carbocycles. The van der Waals surface area contributed by atoms with Crippen molar-refractivity contribution >= 4 is 0 Å². The van der Waals surface area contributed by atoms with E-state index in [0.717, 1.165) is 6.20 Å². The van der Waals surface area contributed by atoms with E-state index in [0.29, 0.717) is 22.9 Å². The van der Waals surface area contributed by atoms with Crippen molar-refractivity contribution in [1.29, 1.82) is 0 Å². The highest BCUT2D eigenvalue weighted by atomic mass is 19.1. The predicted molar refractivity (Wildman–Crippen MR) is 116 cm³/mol. The van der Waals surface area contributed by atoms with Crippen LogP contribution in [0.25, 0.3) is 11.6 Å². The van der Waals surface area contributed by atoms with Crippen molar-refractivity contribution in [3.8, 4) is 17.3 Å². The van der Waals surface area contributed by atoms with E-state index in [1.807, 2.05) is 24.3 Å². The molecule has 0 saturated carbocycles. The summed E-state index contributed by atoms with van der Waals surface area (Å²) in [5.74, 6) is 0.890. The molecule has 6 heteroatoms. The summed E-state index contributed by atoms with van der Waals surface area (Å²) in [5, 5.41) is 7.71. The van der Waals surface area contributed by atoms with Crippen molar-refractivity contribution in [1.82, 2.24) is 15.2 Å². The molecule has 0 radical (unpaired) electrons. The summed E-state index contributed by atoms with van der Waals surface area (Å²) < 4.78 is 25.4. The average Bonchev–Trinajstić information content (AvgIpc) is 3.20. The highest BCUT2D eigenvalue weighted by molar-refractivity contribution is 5.47. The maximum atomic E-state index is 14.2. The second-order valence-electron chi connectivity index (χ2n) is 8.09. The smallest absolute Gasteiger partial charge is 0.266 e. The second kappa shape index (κ2) is 8.30. The van der Waals surface area contributed by atoms with E-state index in [9.17, 15) is 4.39 Å². The zero-order valence-electron chi connectivity index (χ0n) is 18.0. The SMILES string of the molecule is Cc1ccc(C(C)(C)c2ccc(OCc3cc(-c4nnc(C)o4)ncc3F)cc2)cc1. The number of aromatic nitrogens is 3. The molecule has 5 nitrogen and oxygen atoms in total. The number of halogens is 1. The van der Waals surface area contributed by atoms with E-state index < -0.39 is 5.82 Å².